The molecule has 1 nitrogen and oxygen atoms in total. The Morgan fingerprint density at radius 2 is 1.20 bits per heavy atom. The van der Waals surface area contributed by atoms with Crippen LogP contribution in [0.3, 0.4) is 0 Å². The number of pyridine rings is 1. The average molecular weight is 209 g/mol. The first-order valence-electron chi connectivity index (χ1n) is 5.94. The van der Waals surface area contributed by atoms with Crippen molar-refractivity contribution in [1.82, 2.24) is 4.98 Å². The zero-order chi connectivity index (χ0) is 12.3. The number of nitrogens with zero attached hydrogens (tertiary/aromatic N) is 1. The molecule has 0 N–H and O–H groups in total. The minimum Gasteiger partial charge on any atom is -0.265 e. The van der Waals surface area contributed by atoms with Gasteiger partial charge < -0.3 is 0 Å². The molecule has 0 aromatic carbocycles. The van der Waals surface area contributed by atoms with Gasteiger partial charge in [-0.3, -0.25) is 4.98 Å². The highest BCUT2D eigenvalue weighted by molar-refractivity contribution is 5.13. The Hall–Kier alpha value is -0.850. The summed E-state index contributed by atoms with van der Waals surface area (Å²) in [4.78, 5) is 3.93. The second-order valence-electron chi connectivity index (χ2n) is 4.17. The summed E-state index contributed by atoms with van der Waals surface area (Å²) < 4.78 is 0. The normalized spacial score (nSPS) is 8.87. The van der Waals surface area contributed by atoms with Crippen LogP contribution < -0.4 is 0 Å². The number of hydrogen-bond acceptors (Lipinski definition) is 1. The van der Waals surface area contributed by atoms with E-state index in [9.17, 15) is 0 Å². The highest BCUT2D eigenvalue weighted by Crippen LogP contribution is 2.10. The minimum absolute atomic E-state index is 0.619. The fraction of sp³-hybridized carbons (Fsp3) is 0.643. The van der Waals surface area contributed by atoms with E-state index in [0.29, 0.717) is 5.92 Å². The van der Waals surface area contributed by atoms with Crippen molar-refractivity contribution in [3.05, 3.63) is 30.1 Å². The Labute approximate surface area is 95.9 Å². The van der Waals surface area contributed by atoms with Gasteiger partial charge in [-0.1, -0.05) is 48.5 Å². The maximum absolute atomic E-state index is 3.93. The second kappa shape index (κ2) is 11.2. The van der Waals surface area contributed by atoms with Gasteiger partial charge >= 0.3 is 0 Å². The molecule has 0 atom stereocenters. The van der Waals surface area contributed by atoms with Crippen LogP contribution in [-0.4, -0.2) is 4.98 Å². The molecule has 1 rings (SSSR count). The largest absolute Gasteiger partial charge is 0.265 e. The predicted octanol–water partition coefficient (Wildman–Crippen LogP) is 4.89. The highest BCUT2D eigenvalue weighted by Gasteiger charge is 1.93. The summed E-state index contributed by atoms with van der Waals surface area (Å²) in [6, 6.07) is 4.09. The van der Waals surface area contributed by atoms with E-state index in [1.54, 1.807) is 0 Å². The zero-order valence-corrected chi connectivity index (χ0v) is 11.4. The van der Waals surface area contributed by atoms with Crippen molar-refractivity contribution in [3.63, 3.8) is 0 Å². The monoisotopic (exact) mass is 209 g/mol. The van der Waals surface area contributed by atoms with Gasteiger partial charge in [-0.2, -0.15) is 0 Å². The molecule has 1 heteroatoms. The Kier molecular flexibility index (Phi) is 12.4. The lowest BCUT2D eigenvalue weighted by Gasteiger charge is -2.01. The van der Waals surface area contributed by atoms with Gasteiger partial charge in [0.05, 0.1) is 0 Å². The lowest BCUT2D eigenvalue weighted by Crippen LogP contribution is -1.85. The average Bonchev–Trinajstić information content (AvgIpc) is 2.21. The SMILES string of the molecule is CC.CC(C)C.CC(C)c1ccncc1. The quantitative estimate of drug-likeness (QED) is 0.641. The minimum atomic E-state index is 0.619. The first kappa shape index (κ1) is 16.6. The van der Waals surface area contributed by atoms with Crippen LogP contribution in [0.15, 0.2) is 24.5 Å². The van der Waals surface area contributed by atoms with E-state index in [4.69, 9.17) is 0 Å². The van der Waals surface area contributed by atoms with Crippen molar-refractivity contribution < 1.29 is 0 Å². The molecule has 1 heterocycles. The van der Waals surface area contributed by atoms with Crippen LogP contribution >= 0.6 is 0 Å². The van der Waals surface area contributed by atoms with Crippen LogP contribution in [0.5, 0.6) is 0 Å². The summed E-state index contributed by atoms with van der Waals surface area (Å²) >= 11 is 0. The van der Waals surface area contributed by atoms with E-state index in [-0.39, 0.29) is 0 Å². The zero-order valence-electron chi connectivity index (χ0n) is 11.4. The number of hydrogen-bond donors (Lipinski definition) is 0. The van der Waals surface area contributed by atoms with E-state index >= 15 is 0 Å². The topological polar surface area (TPSA) is 12.9 Å². The van der Waals surface area contributed by atoms with Crippen molar-refractivity contribution in [3.8, 4) is 0 Å². The summed E-state index contributed by atoms with van der Waals surface area (Å²) in [6.45, 7) is 14.9. The first-order valence-corrected chi connectivity index (χ1v) is 5.94. The molecule has 0 bridgehead atoms. The molecule has 0 unspecified atom stereocenters. The van der Waals surface area contributed by atoms with Gasteiger partial charge in [0.2, 0.25) is 0 Å². The van der Waals surface area contributed by atoms with Crippen molar-refractivity contribution in [2.75, 3.05) is 0 Å². The van der Waals surface area contributed by atoms with E-state index in [1.807, 2.05) is 38.4 Å². The third kappa shape index (κ3) is 13.2. The maximum atomic E-state index is 3.93. The van der Waals surface area contributed by atoms with Crippen molar-refractivity contribution in [2.24, 2.45) is 5.92 Å². The van der Waals surface area contributed by atoms with Crippen molar-refractivity contribution >= 4 is 0 Å². The summed E-state index contributed by atoms with van der Waals surface area (Å²) in [6.07, 6.45) is 3.66. The molecule has 0 radical (unpaired) electrons. The highest BCUT2D eigenvalue weighted by atomic mass is 14.6. The molecule has 0 aliphatic heterocycles. The standard InChI is InChI=1S/C8H11N.C4H10.C2H6/c1-7(2)8-3-5-9-6-4-8;1-4(2)3;1-2/h3-7H,1-2H3;4H,1-3H3;1-2H3. The lowest BCUT2D eigenvalue weighted by atomic mass is 10.1. The predicted molar refractivity (Wildman–Crippen MR) is 70.2 cm³/mol. The number of rotatable bonds is 1. The fourth-order valence-corrected chi connectivity index (χ4v) is 0.748. The van der Waals surface area contributed by atoms with Gasteiger partial charge in [-0.05, 0) is 29.5 Å². The molecule has 15 heavy (non-hydrogen) atoms. The summed E-state index contributed by atoms with van der Waals surface area (Å²) in [5.74, 6) is 1.45. The molecule has 1 aromatic heterocycles. The molecule has 1 aromatic rings. The van der Waals surface area contributed by atoms with E-state index in [0.717, 1.165) is 5.92 Å². The van der Waals surface area contributed by atoms with Crippen molar-refractivity contribution in [2.45, 2.75) is 54.4 Å². The van der Waals surface area contributed by atoms with Crippen LogP contribution in [0.4, 0.5) is 0 Å². The molecule has 0 fully saturated rings. The van der Waals surface area contributed by atoms with Gasteiger partial charge in [-0.25, -0.2) is 0 Å². The molecular formula is C14H27N. The molecule has 88 valence electrons. The molecule has 0 saturated carbocycles. The van der Waals surface area contributed by atoms with Gasteiger partial charge in [0.25, 0.3) is 0 Å². The molecule has 0 aliphatic rings. The van der Waals surface area contributed by atoms with Crippen LogP contribution in [0.2, 0.25) is 0 Å². The van der Waals surface area contributed by atoms with E-state index in [1.165, 1.54) is 5.56 Å². The molecule has 0 saturated heterocycles. The second-order valence-corrected chi connectivity index (χ2v) is 4.17. The molecule has 0 amide bonds. The van der Waals surface area contributed by atoms with Gasteiger partial charge in [0.1, 0.15) is 0 Å². The van der Waals surface area contributed by atoms with Crippen molar-refractivity contribution in [1.29, 1.82) is 0 Å². The van der Waals surface area contributed by atoms with E-state index in [2.05, 4.69) is 39.6 Å². The van der Waals surface area contributed by atoms with Crippen LogP contribution in [0.1, 0.15) is 59.9 Å². The summed E-state index contributed by atoms with van der Waals surface area (Å²) in [5, 5.41) is 0. The van der Waals surface area contributed by atoms with Gasteiger partial charge in [-0.15, -0.1) is 0 Å². The smallest absolute Gasteiger partial charge is 0.0270 e. The molecular weight excluding hydrogens is 182 g/mol. The fourth-order valence-electron chi connectivity index (χ4n) is 0.748. The van der Waals surface area contributed by atoms with Crippen LogP contribution in [0, 0.1) is 5.92 Å². The van der Waals surface area contributed by atoms with E-state index < -0.39 is 0 Å². The van der Waals surface area contributed by atoms with Gasteiger partial charge in [0, 0.05) is 12.4 Å². The third-order valence-electron chi connectivity index (χ3n) is 1.37. The molecule has 0 aliphatic carbocycles. The Bertz CT molecular complexity index is 199. The Morgan fingerprint density at radius 3 is 1.40 bits per heavy atom. The summed E-state index contributed by atoms with van der Waals surface area (Å²) in [5.41, 5.74) is 1.35. The third-order valence-corrected chi connectivity index (χ3v) is 1.37. The van der Waals surface area contributed by atoms with Gasteiger partial charge in [0.15, 0.2) is 0 Å². The van der Waals surface area contributed by atoms with Crippen LogP contribution in [-0.2, 0) is 0 Å². The number of aromatic nitrogens is 1. The summed E-state index contributed by atoms with van der Waals surface area (Å²) in [7, 11) is 0. The Balaban J connectivity index is 0. The lowest BCUT2D eigenvalue weighted by molar-refractivity contribution is 0.737. The van der Waals surface area contributed by atoms with Crippen LogP contribution in [0.25, 0.3) is 0 Å². The molecule has 0 spiro atoms. The maximum Gasteiger partial charge on any atom is 0.0270 e. The first-order chi connectivity index (χ1) is 7.04. The Morgan fingerprint density at radius 1 is 0.867 bits per heavy atom.